The Balaban J connectivity index is 1.51. The molecule has 1 aliphatic carbocycles. The first-order valence-electron chi connectivity index (χ1n) is 14.0. The van der Waals surface area contributed by atoms with Crippen LogP contribution in [0.1, 0.15) is 53.9 Å². The van der Waals surface area contributed by atoms with Gasteiger partial charge in [-0.05, 0) is 68.7 Å². The fourth-order valence-electron chi connectivity index (χ4n) is 5.33. The topological polar surface area (TPSA) is 72.9 Å². The van der Waals surface area contributed by atoms with E-state index in [0.717, 1.165) is 16.8 Å². The largest absolute Gasteiger partial charge is 0.394 e. The van der Waals surface area contributed by atoms with Gasteiger partial charge in [0.2, 0.25) is 11.8 Å². The number of hydrogen-bond acceptors (Lipinski definition) is 4. The van der Waals surface area contributed by atoms with Gasteiger partial charge in [-0.1, -0.05) is 73.6 Å². The molecule has 3 rings (SSSR count). The molecule has 1 heterocycles. The van der Waals surface area contributed by atoms with Crippen molar-refractivity contribution < 1.29 is 14.7 Å². The van der Waals surface area contributed by atoms with Crippen LogP contribution < -0.4 is 10.2 Å². The smallest absolute Gasteiger partial charge is 0.247 e. The minimum absolute atomic E-state index is 0.214. The Labute approximate surface area is 234 Å². The molecule has 6 heteroatoms. The summed E-state index contributed by atoms with van der Waals surface area (Å²) < 4.78 is 0. The molecule has 0 aromatic heterocycles. The Kier molecular flexibility index (Phi) is 10.9. The summed E-state index contributed by atoms with van der Waals surface area (Å²) in [6.07, 6.45) is 15.3. The van der Waals surface area contributed by atoms with Gasteiger partial charge in [0.25, 0.3) is 0 Å². The van der Waals surface area contributed by atoms with Crippen molar-refractivity contribution in [3.63, 3.8) is 0 Å². The van der Waals surface area contributed by atoms with Gasteiger partial charge < -0.3 is 20.2 Å². The predicted octanol–water partition coefficient (Wildman–Crippen LogP) is 5.34. The molecule has 0 radical (unpaired) electrons. The van der Waals surface area contributed by atoms with E-state index in [4.69, 9.17) is 0 Å². The van der Waals surface area contributed by atoms with Gasteiger partial charge in [0.05, 0.1) is 6.61 Å². The number of aliphatic hydroxyl groups excluding tert-OH is 1. The SMILES string of the molecule is CC(C=CC1=C(C)CCCC1(C)C)=CC=CC(C)=CC(=O)NC(CO)C(=O)N1CCN(c2ccccc2)CC1. The zero-order chi connectivity index (χ0) is 28.4. The molecule has 6 nitrogen and oxygen atoms in total. The zero-order valence-electron chi connectivity index (χ0n) is 24.2. The first-order chi connectivity index (χ1) is 18.6. The van der Waals surface area contributed by atoms with E-state index in [-0.39, 0.29) is 11.3 Å². The molecule has 1 aromatic carbocycles. The quantitative estimate of drug-likeness (QED) is 0.333. The molecular weight excluding hydrogens is 486 g/mol. The van der Waals surface area contributed by atoms with E-state index in [0.29, 0.717) is 26.2 Å². The van der Waals surface area contributed by atoms with Crippen LogP contribution in [0.25, 0.3) is 0 Å². The van der Waals surface area contributed by atoms with Crippen LogP contribution >= 0.6 is 0 Å². The van der Waals surface area contributed by atoms with Crippen LogP contribution in [0.4, 0.5) is 5.69 Å². The van der Waals surface area contributed by atoms with Crippen LogP contribution in [0.2, 0.25) is 0 Å². The van der Waals surface area contributed by atoms with E-state index in [1.54, 1.807) is 4.90 Å². The summed E-state index contributed by atoms with van der Waals surface area (Å²) >= 11 is 0. The number of piperazine rings is 1. The first kappa shape index (κ1) is 30.2. The van der Waals surface area contributed by atoms with E-state index in [1.165, 1.54) is 36.5 Å². The van der Waals surface area contributed by atoms with Gasteiger partial charge in [0.1, 0.15) is 6.04 Å². The Hall–Kier alpha value is -3.38. The number of para-hydroxylation sites is 1. The molecular formula is C33H45N3O3. The summed E-state index contributed by atoms with van der Waals surface area (Å²) in [4.78, 5) is 29.5. The predicted molar refractivity (Wildman–Crippen MR) is 160 cm³/mol. The van der Waals surface area contributed by atoms with Crippen molar-refractivity contribution in [1.29, 1.82) is 0 Å². The van der Waals surface area contributed by atoms with Gasteiger partial charge in [-0.3, -0.25) is 9.59 Å². The molecule has 0 spiro atoms. The molecule has 1 aliphatic heterocycles. The van der Waals surface area contributed by atoms with Gasteiger partial charge in [0, 0.05) is 37.9 Å². The highest BCUT2D eigenvalue weighted by Crippen LogP contribution is 2.40. The third-order valence-corrected chi connectivity index (χ3v) is 7.64. The molecule has 1 saturated heterocycles. The van der Waals surface area contributed by atoms with Crippen LogP contribution in [-0.2, 0) is 9.59 Å². The molecule has 2 amide bonds. The van der Waals surface area contributed by atoms with Crippen LogP contribution in [0.3, 0.4) is 0 Å². The minimum atomic E-state index is -0.956. The van der Waals surface area contributed by atoms with Crippen LogP contribution in [-0.4, -0.2) is 60.6 Å². The third kappa shape index (κ3) is 8.82. The summed E-state index contributed by atoms with van der Waals surface area (Å²) in [7, 11) is 0. The Morgan fingerprint density at radius 2 is 1.74 bits per heavy atom. The summed E-state index contributed by atoms with van der Waals surface area (Å²) in [5.41, 5.74) is 6.14. The van der Waals surface area contributed by atoms with Crippen molar-refractivity contribution in [2.24, 2.45) is 5.41 Å². The molecule has 1 fully saturated rings. The molecule has 0 saturated carbocycles. The van der Waals surface area contributed by atoms with Crippen molar-refractivity contribution in [3.05, 3.63) is 89.1 Å². The number of nitrogens with one attached hydrogen (secondary N) is 1. The first-order valence-corrected chi connectivity index (χ1v) is 14.0. The molecule has 1 atom stereocenters. The maximum atomic E-state index is 13.0. The van der Waals surface area contributed by atoms with Crippen LogP contribution in [0.15, 0.2) is 89.1 Å². The maximum Gasteiger partial charge on any atom is 0.247 e. The van der Waals surface area contributed by atoms with Crippen LogP contribution in [0.5, 0.6) is 0 Å². The number of rotatable bonds is 9. The molecule has 1 unspecified atom stereocenters. The molecule has 210 valence electrons. The number of amides is 2. The fourth-order valence-corrected chi connectivity index (χ4v) is 5.33. The van der Waals surface area contributed by atoms with Crippen molar-refractivity contribution in [2.75, 3.05) is 37.7 Å². The summed E-state index contributed by atoms with van der Waals surface area (Å²) in [5.74, 6) is -0.646. The average Bonchev–Trinajstić information content (AvgIpc) is 2.91. The fraction of sp³-hybridized carbons (Fsp3) is 0.455. The number of carbonyl (C=O) groups is 2. The van der Waals surface area contributed by atoms with Crippen LogP contribution in [0, 0.1) is 5.41 Å². The maximum absolute atomic E-state index is 13.0. The number of nitrogens with zero attached hydrogens (tertiary/aromatic N) is 2. The molecule has 0 bridgehead atoms. The molecule has 39 heavy (non-hydrogen) atoms. The van der Waals surface area contributed by atoms with Gasteiger partial charge in [-0.2, -0.15) is 0 Å². The Bertz CT molecular complexity index is 1150. The highest BCUT2D eigenvalue weighted by Gasteiger charge is 2.28. The Morgan fingerprint density at radius 1 is 1.05 bits per heavy atom. The van der Waals surface area contributed by atoms with Crippen molar-refractivity contribution in [3.8, 4) is 0 Å². The van der Waals surface area contributed by atoms with Gasteiger partial charge in [-0.15, -0.1) is 0 Å². The summed E-state index contributed by atoms with van der Waals surface area (Å²) in [5, 5.41) is 12.5. The zero-order valence-corrected chi connectivity index (χ0v) is 24.2. The second-order valence-corrected chi connectivity index (χ2v) is 11.3. The highest BCUT2D eigenvalue weighted by molar-refractivity contribution is 5.93. The van der Waals surface area contributed by atoms with E-state index >= 15 is 0 Å². The van der Waals surface area contributed by atoms with Crippen molar-refractivity contribution in [1.82, 2.24) is 10.2 Å². The number of carbonyl (C=O) groups excluding carboxylic acids is 2. The minimum Gasteiger partial charge on any atom is -0.394 e. The highest BCUT2D eigenvalue weighted by atomic mass is 16.3. The lowest BCUT2D eigenvalue weighted by atomic mass is 9.72. The van der Waals surface area contributed by atoms with Gasteiger partial charge in [-0.25, -0.2) is 0 Å². The molecule has 1 aromatic rings. The van der Waals surface area contributed by atoms with Gasteiger partial charge >= 0.3 is 0 Å². The summed E-state index contributed by atoms with van der Waals surface area (Å²) in [6, 6.07) is 9.14. The second-order valence-electron chi connectivity index (χ2n) is 11.3. The van der Waals surface area contributed by atoms with E-state index in [9.17, 15) is 14.7 Å². The van der Waals surface area contributed by atoms with E-state index < -0.39 is 18.6 Å². The average molecular weight is 532 g/mol. The molecule has 2 aliphatic rings. The number of hydrogen-bond donors (Lipinski definition) is 2. The second kappa shape index (κ2) is 14.1. The van der Waals surface area contributed by atoms with E-state index in [2.05, 4.69) is 62.2 Å². The standard InChI is InChI=1S/C33H45N3O3/c1-25(16-17-29-27(3)13-10-18-33(29,4)5)11-9-12-26(2)23-31(38)34-30(24-37)32(39)36-21-19-35(20-22-36)28-14-7-6-8-15-28/h6-9,11-12,14-17,23,30,37H,10,13,18-22,24H2,1-5H3,(H,34,38). The molecule has 2 N–H and O–H groups in total. The number of benzene rings is 1. The van der Waals surface area contributed by atoms with Crippen molar-refractivity contribution >= 4 is 17.5 Å². The van der Waals surface area contributed by atoms with Crippen molar-refractivity contribution in [2.45, 2.75) is 59.9 Å². The van der Waals surface area contributed by atoms with E-state index in [1.807, 2.05) is 43.4 Å². The number of aliphatic hydroxyl groups is 1. The lowest BCUT2D eigenvalue weighted by molar-refractivity contribution is -0.137. The number of allylic oxidation sites excluding steroid dienone is 9. The lowest BCUT2D eigenvalue weighted by Crippen LogP contribution is -2.56. The third-order valence-electron chi connectivity index (χ3n) is 7.64. The normalized spacial score (nSPS) is 19.6. The summed E-state index contributed by atoms with van der Waals surface area (Å²) in [6.45, 7) is 12.8. The monoisotopic (exact) mass is 531 g/mol. The Morgan fingerprint density at radius 3 is 2.38 bits per heavy atom. The van der Waals surface area contributed by atoms with Gasteiger partial charge in [0.15, 0.2) is 0 Å². The number of anilines is 1. The lowest BCUT2D eigenvalue weighted by Gasteiger charge is -2.37.